The van der Waals surface area contributed by atoms with Crippen molar-refractivity contribution in [1.82, 2.24) is 5.48 Å². The Labute approximate surface area is 136 Å². The molecule has 0 saturated heterocycles. The second kappa shape index (κ2) is 8.81. The third kappa shape index (κ3) is 4.87. The van der Waals surface area contributed by atoms with Crippen molar-refractivity contribution in [2.75, 3.05) is 5.43 Å². The Hall–Kier alpha value is -2.37. The SMILES string of the molecule is C/C(=N/Nc1ccccc1)C(=Nc1ccccc1C)NO.Cl. The molecule has 116 valence electrons. The Morgan fingerprint density at radius 3 is 2.27 bits per heavy atom. The molecule has 0 bridgehead atoms. The molecule has 2 aromatic rings. The Bertz CT molecular complexity index is 656. The quantitative estimate of drug-likeness (QED) is 0.455. The fraction of sp³-hybridized carbons (Fsp3) is 0.125. The first-order valence-corrected chi connectivity index (χ1v) is 6.61. The molecule has 0 saturated carbocycles. The molecule has 3 N–H and O–H groups in total. The van der Waals surface area contributed by atoms with E-state index in [2.05, 4.69) is 21.0 Å². The van der Waals surface area contributed by atoms with Gasteiger partial charge in [0.1, 0.15) is 5.71 Å². The molecule has 6 heteroatoms. The lowest BCUT2D eigenvalue weighted by atomic mass is 10.2. The molecular weight excluding hydrogens is 300 g/mol. The lowest BCUT2D eigenvalue weighted by Gasteiger charge is -2.07. The van der Waals surface area contributed by atoms with E-state index >= 15 is 0 Å². The van der Waals surface area contributed by atoms with Crippen molar-refractivity contribution in [1.29, 1.82) is 0 Å². The molecule has 2 aromatic carbocycles. The van der Waals surface area contributed by atoms with E-state index in [9.17, 15) is 5.21 Å². The Morgan fingerprint density at radius 1 is 1.00 bits per heavy atom. The Kier molecular flexibility index (Phi) is 7.08. The van der Waals surface area contributed by atoms with Gasteiger partial charge in [0.2, 0.25) is 0 Å². The molecule has 0 aliphatic carbocycles. The minimum atomic E-state index is 0. The van der Waals surface area contributed by atoms with Gasteiger partial charge in [-0.25, -0.2) is 4.99 Å². The summed E-state index contributed by atoms with van der Waals surface area (Å²) in [5.74, 6) is 0.299. The number of nitrogens with one attached hydrogen (secondary N) is 2. The van der Waals surface area contributed by atoms with Crippen LogP contribution in [0.5, 0.6) is 0 Å². The molecule has 22 heavy (non-hydrogen) atoms. The molecule has 0 radical (unpaired) electrons. The number of hydroxylamine groups is 1. The number of nitrogens with zero attached hydrogens (tertiary/aromatic N) is 2. The number of hydrazone groups is 1. The van der Waals surface area contributed by atoms with Gasteiger partial charge in [-0.2, -0.15) is 5.10 Å². The number of benzene rings is 2. The van der Waals surface area contributed by atoms with E-state index in [1.165, 1.54) is 0 Å². The third-order valence-electron chi connectivity index (χ3n) is 2.92. The zero-order valence-corrected chi connectivity index (χ0v) is 13.3. The Morgan fingerprint density at radius 2 is 1.64 bits per heavy atom. The summed E-state index contributed by atoms with van der Waals surface area (Å²) in [5.41, 5.74) is 8.22. The van der Waals surface area contributed by atoms with Gasteiger partial charge in [0, 0.05) is 0 Å². The predicted octanol–water partition coefficient (Wildman–Crippen LogP) is 3.91. The van der Waals surface area contributed by atoms with E-state index in [1.54, 1.807) is 6.92 Å². The first-order chi connectivity index (χ1) is 10.2. The summed E-state index contributed by atoms with van der Waals surface area (Å²) in [6, 6.07) is 17.3. The van der Waals surface area contributed by atoms with Crippen LogP contribution in [0.1, 0.15) is 12.5 Å². The smallest absolute Gasteiger partial charge is 0.173 e. The van der Waals surface area contributed by atoms with Crippen LogP contribution in [0, 0.1) is 6.92 Å². The van der Waals surface area contributed by atoms with Gasteiger partial charge in [0.05, 0.1) is 11.4 Å². The van der Waals surface area contributed by atoms with Crippen LogP contribution in [0.25, 0.3) is 0 Å². The lowest BCUT2D eigenvalue weighted by molar-refractivity contribution is 0.236. The summed E-state index contributed by atoms with van der Waals surface area (Å²) in [6.07, 6.45) is 0. The van der Waals surface area contributed by atoms with Crippen molar-refractivity contribution in [2.24, 2.45) is 10.1 Å². The molecule has 0 atom stereocenters. The van der Waals surface area contributed by atoms with Crippen LogP contribution in [0.2, 0.25) is 0 Å². The molecule has 5 nitrogen and oxygen atoms in total. The Balaban J connectivity index is 0.00000242. The molecule has 0 spiro atoms. The van der Waals surface area contributed by atoms with Crippen LogP contribution >= 0.6 is 12.4 Å². The predicted molar refractivity (Wildman–Crippen MR) is 93.6 cm³/mol. The van der Waals surface area contributed by atoms with E-state index in [-0.39, 0.29) is 12.4 Å². The molecular formula is C16H19ClN4O. The minimum absolute atomic E-state index is 0. The maximum absolute atomic E-state index is 9.26. The van der Waals surface area contributed by atoms with E-state index in [0.717, 1.165) is 16.9 Å². The summed E-state index contributed by atoms with van der Waals surface area (Å²) in [4.78, 5) is 4.37. The van der Waals surface area contributed by atoms with Crippen LogP contribution in [0.3, 0.4) is 0 Å². The molecule has 0 aliphatic heterocycles. The van der Waals surface area contributed by atoms with Gasteiger partial charge in [-0.1, -0.05) is 36.4 Å². The summed E-state index contributed by atoms with van der Waals surface area (Å²) in [7, 11) is 0. The van der Waals surface area contributed by atoms with E-state index in [1.807, 2.05) is 61.5 Å². The van der Waals surface area contributed by atoms with Crippen LogP contribution in [-0.4, -0.2) is 16.8 Å². The highest BCUT2D eigenvalue weighted by molar-refractivity contribution is 6.40. The topological polar surface area (TPSA) is 69.0 Å². The standard InChI is InChI=1S/C16H18N4O.ClH/c1-12-8-6-7-11-15(12)17-16(20-21)13(2)18-19-14-9-4-3-5-10-14;/h3-11,19,21H,1-2H3,(H,17,20);1H/b18-13-;. The molecule has 0 aliphatic rings. The maximum Gasteiger partial charge on any atom is 0.173 e. The maximum atomic E-state index is 9.26. The van der Waals surface area contributed by atoms with Gasteiger partial charge in [-0.15, -0.1) is 12.4 Å². The van der Waals surface area contributed by atoms with Crippen molar-refractivity contribution in [2.45, 2.75) is 13.8 Å². The van der Waals surface area contributed by atoms with Crippen molar-refractivity contribution in [3.05, 3.63) is 60.2 Å². The highest BCUT2D eigenvalue weighted by atomic mass is 35.5. The summed E-state index contributed by atoms with van der Waals surface area (Å²) < 4.78 is 0. The third-order valence-corrected chi connectivity index (χ3v) is 2.92. The highest BCUT2D eigenvalue weighted by Crippen LogP contribution is 2.17. The number of anilines is 1. The summed E-state index contributed by atoms with van der Waals surface area (Å²) in [5, 5.41) is 13.5. The molecule has 0 unspecified atom stereocenters. The number of amidine groups is 1. The largest absolute Gasteiger partial charge is 0.290 e. The number of para-hydroxylation sites is 2. The molecule has 0 amide bonds. The minimum Gasteiger partial charge on any atom is -0.290 e. The van der Waals surface area contributed by atoms with Gasteiger partial charge >= 0.3 is 0 Å². The van der Waals surface area contributed by atoms with Crippen LogP contribution in [-0.2, 0) is 0 Å². The zero-order chi connectivity index (χ0) is 15.1. The number of aryl methyl sites for hydroxylation is 1. The van der Waals surface area contributed by atoms with Crippen molar-refractivity contribution >= 4 is 35.3 Å². The van der Waals surface area contributed by atoms with E-state index < -0.39 is 0 Å². The first-order valence-electron chi connectivity index (χ1n) is 6.61. The number of rotatable bonds is 4. The van der Waals surface area contributed by atoms with Gasteiger partial charge in [-0.3, -0.25) is 16.1 Å². The van der Waals surface area contributed by atoms with Crippen LogP contribution < -0.4 is 10.9 Å². The average Bonchev–Trinajstić information content (AvgIpc) is 2.53. The normalized spacial score (nSPS) is 11.6. The monoisotopic (exact) mass is 318 g/mol. The molecule has 0 aromatic heterocycles. The summed E-state index contributed by atoms with van der Waals surface area (Å²) >= 11 is 0. The number of halogens is 1. The van der Waals surface area contributed by atoms with Gasteiger partial charge in [0.15, 0.2) is 5.84 Å². The fourth-order valence-electron chi connectivity index (χ4n) is 1.71. The van der Waals surface area contributed by atoms with Gasteiger partial charge in [0.25, 0.3) is 0 Å². The second-order valence-electron chi connectivity index (χ2n) is 4.53. The highest BCUT2D eigenvalue weighted by Gasteiger charge is 2.04. The number of hydrogen-bond donors (Lipinski definition) is 3. The van der Waals surface area contributed by atoms with Crippen LogP contribution in [0.15, 0.2) is 64.7 Å². The number of hydrogen-bond acceptors (Lipinski definition) is 4. The fourth-order valence-corrected chi connectivity index (χ4v) is 1.71. The summed E-state index contributed by atoms with van der Waals surface area (Å²) in [6.45, 7) is 3.72. The average molecular weight is 319 g/mol. The second-order valence-corrected chi connectivity index (χ2v) is 4.53. The lowest BCUT2D eigenvalue weighted by Crippen LogP contribution is -2.27. The van der Waals surface area contributed by atoms with Crippen molar-refractivity contribution in [3.63, 3.8) is 0 Å². The molecule has 0 heterocycles. The van der Waals surface area contributed by atoms with E-state index in [0.29, 0.717) is 11.5 Å². The van der Waals surface area contributed by atoms with Gasteiger partial charge in [-0.05, 0) is 37.6 Å². The zero-order valence-electron chi connectivity index (χ0n) is 12.4. The van der Waals surface area contributed by atoms with Crippen LogP contribution in [0.4, 0.5) is 11.4 Å². The van der Waals surface area contributed by atoms with Gasteiger partial charge < -0.3 is 0 Å². The number of aliphatic imine (C=N–C) groups is 1. The first kappa shape index (κ1) is 17.7. The van der Waals surface area contributed by atoms with Crippen molar-refractivity contribution in [3.8, 4) is 0 Å². The molecule has 2 rings (SSSR count). The van der Waals surface area contributed by atoms with Crippen molar-refractivity contribution < 1.29 is 5.21 Å². The molecule has 0 fully saturated rings. The van der Waals surface area contributed by atoms with E-state index in [4.69, 9.17) is 0 Å².